The van der Waals surface area contributed by atoms with Crippen LogP contribution in [-0.2, 0) is 17.1 Å². The van der Waals surface area contributed by atoms with Gasteiger partial charge in [0.1, 0.15) is 10.6 Å². The highest BCUT2D eigenvalue weighted by atomic mass is 32.2. The molecule has 1 fully saturated rings. The van der Waals surface area contributed by atoms with Gasteiger partial charge in [0.2, 0.25) is 10.0 Å². The Morgan fingerprint density at radius 3 is 2.26 bits per heavy atom. The molecule has 1 aromatic carbocycles. The predicted molar refractivity (Wildman–Crippen MR) is 120 cm³/mol. The van der Waals surface area contributed by atoms with Gasteiger partial charge >= 0.3 is 0 Å². The summed E-state index contributed by atoms with van der Waals surface area (Å²) in [6.45, 7) is 6.93. The predicted octanol–water partition coefficient (Wildman–Crippen LogP) is 2.98. The fourth-order valence-electron chi connectivity index (χ4n) is 3.35. The number of nitrogens with one attached hydrogen (secondary N) is 2. The van der Waals surface area contributed by atoms with Crippen LogP contribution in [0.25, 0.3) is 0 Å². The number of anilines is 1. The molecule has 0 atom stereocenters. The fourth-order valence-corrected chi connectivity index (χ4v) is 4.94. The summed E-state index contributed by atoms with van der Waals surface area (Å²) in [5, 5.41) is 5.72. The molecule has 1 aliphatic rings. The van der Waals surface area contributed by atoms with Crippen LogP contribution in [0.15, 0.2) is 41.4 Å². The van der Waals surface area contributed by atoms with Gasteiger partial charge < -0.3 is 15.2 Å². The Labute approximate surface area is 183 Å². The first kappa shape index (κ1) is 23.0. The summed E-state index contributed by atoms with van der Waals surface area (Å²) in [6.07, 6.45) is 3.97. The van der Waals surface area contributed by atoms with Crippen molar-refractivity contribution < 1.29 is 18.0 Å². The SMILES string of the molecule is CCC(C)(C)NC(=O)c1ccc(NC(=O)c2cc(S(=O)(=O)N3CCCC3)cn2C)cc1. The summed E-state index contributed by atoms with van der Waals surface area (Å²) < 4.78 is 28.5. The van der Waals surface area contributed by atoms with E-state index in [0.717, 1.165) is 19.3 Å². The molecular formula is C22H30N4O4S. The Morgan fingerprint density at radius 2 is 1.68 bits per heavy atom. The zero-order valence-corrected chi connectivity index (χ0v) is 19.3. The quantitative estimate of drug-likeness (QED) is 0.683. The average Bonchev–Trinajstić information content (AvgIpc) is 3.39. The lowest BCUT2D eigenvalue weighted by Crippen LogP contribution is -2.42. The summed E-state index contributed by atoms with van der Waals surface area (Å²) in [5.41, 5.74) is 0.951. The lowest BCUT2D eigenvalue weighted by atomic mass is 10.0. The highest BCUT2D eigenvalue weighted by Crippen LogP contribution is 2.23. The van der Waals surface area contributed by atoms with Crippen molar-refractivity contribution in [1.29, 1.82) is 0 Å². The summed E-state index contributed by atoms with van der Waals surface area (Å²) in [4.78, 5) is 25.2. The molecule has 1 saturated heterocycles. The van der Waals surface area contributed by atoms with Crippen LogP contribution in [0.5, 0.6) is 0 Å². The number of amides is 2. The van der Waals surface area contributed by atoms with Gasteiger partial charge in [0.25, 0.3) is 11.8 Å². The van der Waals surface area contributed by atoms with E-state index < -0.39 is 15.9 Å². The van der Waals surface area contributed by atoms with Crippen molar-refractivity contribution in [2.45, 2.75) is 50.5 Å². The number of aryl methyl sites for hydroxylation is 1. The topological polar surface area (TPSA) is 101 Å². The van der Waals surface area contributed by atoms with E-state index in [-0.39, 0.29) is 22.0 Å². The minimum atomic E-state index is -3.59. The standard InChI is InChI=1S/C22H30N4O4S/c1-5-22(2,3)24-20(27)16-8-10-17(11-9-16)23-21(28)19-14-18(15-25(19)4)31(29,30)26-12-6-7-13-26/h8-11,14-15H,5-7,12-13H2,1-4H3,(H,23,28)(H,24,27). The number of sulfonamides is 1. The molecule has 31 heavy (non-hydrogen) atoms. The van der Waals surface area contributed by atoms with Crippen LogP contribution in [-0.4, -0.2) is 47.7 Å². The fraction of sp³-hybridized carbons (Fsp3) is 0.455. The number of hydrogen-bond donors (Lipinski definition) is 2. The van der Waals surface area contributed by atoms with Gasteiger partial charge in [0, 0.05) is 43.1 Å². The van der Waals surface area contributed by atoms with E-state index in [4.69, 9.17) is 0 Å². The second-order valence-electron chi connectivity index (χ2n) is 8.51. The second kappa shape index (κ2) is 8.84. The van der Waals surface area contributed by atoms with Crippen LogP contribution in [0.3, 0.4) is 0 Å². The third-order valence-corrected chi connectivity index (χ3v) is 7.52. The Bertz CT molecular complexity index is 1070. The lowest BCUT2D eigenvalue weighted by molar-refractivity contribution is 0.0910. The molecule has 8 nitrogen and oxygen atoms in total. The van der Waals surface area contributed by atoms with Crippen LogP contribution in [0.1, 0.15) is 60.9 Å². The summed E-state index contributed by atoms with van der Waals surface area (Å²) in [6, 6.07) is 7.99. The van der Waals surface area contributed by atoms with Crippen molar-refractivity contribution in [3.05, 3.63) is 47.8 Å². The first-order valence-electron chi connectivity index (χ1n) is 10.4. The van der Waals surface area contributed by atoms with Crippen molar-refractivity contribution in [2.75, 3.05) is 18.4 Å². The maximum Gasteiger partial charge on any atom is 0.272 e. The molecule has 3 rings (SSSR count). The molecular weight excluding hydrogens is 416 g/mol. The van der Waals surface area contributed by atoms with Gasteiger partial charge in [-0.2, -0.15) is 4.31 Å². The van der Waals surface area contributed by atoms with E-state index in [9.17, 15) is 18.0 Å². The van der Waals surface area contributed by atoms with E-state index in [2.05, 4.69) is 10.6 Å². The Kier molecular flexibility index (Phi) is 6.56. The Balaban J connectivity index is 1.71. The minimum absolute atomic E-state index is 0.118. The van der Waals surface area contributed by atoms with Crippen molar-refractivity contribution in [3.8, 4) is 0 Å². The first-order valence-corrected chi connectivity index (χ1v) is 11.9. The van der Waals surface area contributed by atoms with Gasteiger partial charge in [0.15, 0.2) is 0 Å². The third kappa shape index (κ3) is 5.16. The van der Waals surface area contributed by atoms with Gasteiger partial charge in [-0.05, 0) is 63.4 Å². The molecule has 0 unspecified atom stereocenters. The van der Waals surface area contributed by atoms with E-state index in [1.807, 2.05) is 20.8 Å². The van der Waals surface area contributed by atoms with Gasteiger partial charge in [-0.15, -0.1) is 0 Å². The van der Waals surface area contributed by atoms with E-state index in [1.165, 1.54) is 21.1 Å². The molecule has 2 amide bonds. The highest BCUT2D eigenvalue weighted by Gasteiger charge is 2.29. The highest BCUT2D eigenvalue weighted by molar-refractivity contribution is 7.89. The monoisotopic (exact) mass is 446 g/mol. The molecule has 0 bridgehead atoms. The molecule has 2 N–H and O–H groups in total. The first-order chi connectivity index (χ1) is 14.5. The largest absolute Gasteiger partial charge is 0.347 e. The van der Waals surface area contributed by atoms with Crippen molar-refractivity contribution in [1.82, 2.24) is 14.2 Å². The maximum absolute atomic E-state index is 12.7. The summed E-state index contributed by atoms with van der Waals surface area (Å²) in [7, 11) is -1.95. The molecule has 0 saturated carbocycles. The molecule has 9 heteroatoms. The molecule has 0 spiro atoms. The number of carbonyl (C=O) groups excluding carboxylic acids is 2. The van der Waals surface area contributed by atoms with Gasteiger partial charge in [-0.25, -0.2) is 8.42 Å². The molecule has 168 valence electrons. The zero-order valence-electron chi connectivity index (χ0n) is 18.4. The molecule has 0 aliphatic carbocycles. The number of rotatable bonds is 7. The van der Waals surface area contributed by atoms with Crippen LogP contribution < -0.4 is 10.6 Å². The number of nitrogens with zero attached hydrogens (tertiary/aromatic N) is 2. The van der Waals surface area contributed by atoms with Crippen molar-refractivity contribution >= 4 is 27.5 Å². The van der Waals surface area contributed by atoms with Gasteiger partial charge in [0.05, 0.1) is 0 Å². The molecule has 1 aliphatic heterocycles. The molecule has 2 aromatic rings. The van der Waals surface area contributed by atoms with E-state index in [0.29, 0.717) is 24.3 Å². The summed E-state index contributed by atoms with van der Waals surface area (Å²) >= 11 is 0. The third-order valence-electron chi connectivity index (χ3n) is 5.66. The van der Waals surface area contributed by atoms with Gasteiger partial charge in [-0.1, -0.05) is 6.92 Å². The number of aromatic nitrogens is 1. The summed E-state index contributed by atoms with van der Waals surface area (Å²) in [5.74, 6) is -0.599. The second-order valence-corrected chi connectivity index (χ2v) is 10.4. The minimum Gasteiger partial charge on any atom is -0.347 e. The maximum atomic E-state index is 12.7. The van der Waals surface area contributed by atoms with Crippen LogP contribution in [0, 0.1) is 0 Å². The smallest absolute Gasteiger partial charge is 0.272 e. The Morgan fingerprint density at radius 1 is 1.06 bits per heavy atom. The molecule has 0 radical (unpaired) electrons. The number of benzene rings is 1. The number of carbonyl (C=O) groups is 2. The lowest BCUT2D eigenvalue weighted by Gasteiger charge is -2.24. The van der Waals surface area contributed by atoms with E-state index in [1.54, 1.807) is 31.3 Å². The van der Waals surface area contributed by atoms with Gasteiger partial charge in [-0.3, -0.25) is 9.59 Å². The van der Waals surface area contributed by atoms with Crippen molar-refractivity contribution in [3.63, 3.8) is 0 Å². The normalized spacial score (nSPS) is 15.1. The Hall–Kier alpha value is -2.65. The van der Waals surface area contributed by atoms with Crippen LogP contribution >= 0.6 is 0 Å². The number of hydrogen-bond acceptors (Lipinski definition) is 4. The zero-order chi connectivity index (χ0) is 22.8. The van der Waals surface area contributed by atoms with E-state index >= 15 is 0 Å². The molecule has 2 heterocycles. The van der Waals surface area contributed by atoms with Crippen LogP contribution in [0.2, 0.25) is 0 Å². The van der Waals surface area contributed by atoms with Crippen LogP contribution in [0.4, 0.5) is 5.69 Å². The van der Waals surface area contributed by atoms with Crippen molar-refractivity contribution in [2.24, 2.45) is 7.05 Å². The molecule has 1 aromatic heterocycles. The average molecular weight is 447 g/mol.